The summed E-state index contributed by atoms with van der Waals surface area (Å²) < 4.78 is 62.4. The summed E-state index contributed by atoms with van der Waals surface area (Å²) in [7, 11) is -4.74. The Labute approximate surface area is 273 Å². The van der Waals surface area contributed by atoms with Gasteiger partial charge in [0.05, 0.1) is 20.6 Å². The molecule has 1 aromatic carbocycles. The molecule has 0 spiro atoms. The number of carbonyl (C=O) groups excluding carboxylic acids is 3. The molecule has 2 fully saturated rings. The van der Waals surface area contributed by atoms with Crippen molar-refractivity contribution >= 4 is 56.4 Å². The van der Waals surface area contributed by atoms with E-state index in [1.165, 1.54) is 34.1 Å². The van der Waals surface area contributed by atoms with Crippen molar-refractivity contribution < 1.29 is 36.3 Å². The number of H-pyrrole nitrogens is 1. The second-order valence-corrected chi connectivity index (χ2v) is 14.4. The normalized spacial score (nSPS) is 16.9. The van der Waals surface area contributed by atoms with Crippen LogP contribution in [0, 0.1) is 6.92 Å². The lowest BCUT2D eigenvalue weighted by Gasteiger charge is -2.34. The van der Waals surface area contributed by atoms with Crippen LogP contribution in [0.5, 0.6) is 5.75 Å². The molecule has 17 heteroatoms. The van der Waals surface area contributed by atoms with Crippen molar-refractivity contribution in [3.05, 3.63) is 57.0 Å². The molecule has 3 N–H and O–H groups in total. The molecule has 2 aromatic heterocycles. The number of anilines is 1. The average molecular weight is 699 g/mol. The summed E-state index contributed by atoms with van der Waals surface area (Å²) in [6.45, 7) is -1.15. The van der Waals surface area contributed by atoms with Gasteiger partial charge in [-0.2, -0.15) is 18.6 Å². The number of ether oxygens (including phenoxy) is 1. The molecule has 0 unspecified atom stereocenters. The molecule has 3 aromatic rings. The Kier molecular flexibility index (Phi) is 10.6. The lowest BCUT2D eigenvalue weighted by molar-refractivity contribution is -0.134. The van der Waals surface area contributed by atoms with E-state index in [9.17, 15) is 31.6 Å². The summed E-state index contributed by atoms with van der Waals surface area (Å²) in [6, 6.07) is 7.16. The van der Waals surface area contributed by atoms with Crippen LogP contribution in [-0.4, -0.2) is 80.1 Å². The van der Waals surface area contributed by atoms with Crippen molar-refractivity contribution in [2.24, 2.45) is 0 Å². The Balaban J connectivity index is 1.41. The minimum atomic E-state index is -4.74. The molecule has 4 heterocycles. The number of thiophene rings is 1. The maximum absolute atomic E-state index is 13.9. The highest BCUT2D eigenvalue weighted by Gasteiger charge is 2.36. The van der Waals surface area contributed by atoms with E-state index in [4.69, 9.17) is 16.3 Å². The third-order valence-corrected chi connectivity index (χ3v) is 10.6. The van der Waals surface area contributed by atoms with E-state index in [-0.39, 0.29) is 35.4 Å². The highest BCUT2D eigenvalue weighted by Crippen LogP contribution is 2.38. The monoisotopic (exact) mass is 698 g/mol. The van der Waals surface area contributed by atoms with Gasteiger partial charge in [0.25, 0.3) is 5.91 Å². The molecule has 2 aliphatic rings. The number of likely N-dealkylation sites (tertiary alicyclic amines) is 1. The SMILES string of the molecule is Cc1cc(C2CCN(C(=O)[C@H](CNC(=O)c3ccc(Cl)s3)NS(=O)(=O)c3cccc(N4CCCCC4=O)c3OC(F)F)CC2)n[nH]1. The van der Waals surface area contributed by atoms with Crippen LogP contribution in [-0.2, 0) is 19.6 Å². The number of piperidine rings is 2. The number of aromatic nitrogens is 2. The number of sulfonamides is 1. The highest BCUT2D eigenvalue weighted by molar-refractivity contribution is 7.89. The van der Waals surface area contributed by atoms with Crippen LogP contribution >= 0.6 is 22.9 Å². The largest absolute Gasteiger partial charge is 0.431 e. The first-order valence-corrected chi connectivity index (χ1v) is 17.4. The fourth-order valence-electron chi connectivity index (χ4n) is 5.61. The number of hydrogen-bond acceptors (Lipinski definition) is 8. The predicted molar refractivity (Wildman–Crippen MR) is 167 cm³/mol. The first-order valence-electron chi connectivity index (χ1n) is 14.7. The molecule has 2 saturated heterocycles. The number of carbonyl (C=O) groups is 3. The number of hydrogen-bond donors (Lipinski definition) is 3. The van der Waals surface area contributed by atoms with Gasteiger partial charge in [-0.3, -0.25) is 19.5 Å². The lowest BCUT2D eigenvalue weighted by Crippen LogP contribution is -2.55. The van der Waals surface area contributed by atoms with E-state index in [2.05, 4.69) is 20.2 Å². The van der Waals surface area contributed by atoms with Crippen molar-refractivity contribution in [2.75, 3.05) is 31.1 Å². The Morgan fingerprint density at radius 1 is 1.17 bits per heavy atom. The summed E-state index contributed by atoms with van der Waals surface area (Å²) in [5, 5.41) is 9.81. The highest BCUT2D eigenvalue weighted by atomic mass is 35.5. The summed E-state index contributed by atoms with van der Waals surface area (Å²) in [5.74, 6) is -2.15. The van der Waals surface area contributed by atoms with Crippen LogP contribution in [0.1, 0.15) is 59.1 Å². The zero-order valence-electron chi connectivity index (χ0n) is 24.8. The zero-order valence-corrected chi connectivity index (χ0v) is 27.2. The first-order chi connectivity index (χ1) is 21.9. The number of alkyl halides is 2. The Bertz CT molecular complexity index is 1690. The van der Waals surface area contributed by atoms with Crippen LogP contribution in [0.15, 0.2) is 41.3 Å². The smallest absolute Gasteiger partial charge is 0.387 e. The minimum absolute atomic E-state index is 0.0988. The number of nitrogens with zero attached hydrogens (tertiary/aromatic N) is 3. The van der Waals surface area contributed by atoms with E-state index in [1.807, 2.05) is 13.0 Å². The molecule has 0 saturated carbocycles. The average Bonchev–Trinajstić information content (AvgIpc) is 3.67. The maximum Gasteiger partial charge on any atom is 0.387 e. The van der Waals surface area contributed by atoms with E-state index in [1.54, 1.807) is 0 Å². The van der Waals surface area contributed by atoms with Gasteiger partial charge in [-0.25, -0.2) is 8.42 Å². The van der Waals surface area contributed by atoms with E-state index >= 15 is 0 Å². The Hall–Kier alpha value is -3.60. The standard InChI is InChI=1S/C29H33ClF2N6O6S2/c1-17-15-19(35-34-17)18-10-13-37(14-11-18)28(41)20(16-33-27(40)22-8-9-24(30)45-22)36-46(42,43)23-6-4-5-21(26(23)44-29(31)32)38-12-3-2-7-25(38)39/h4-6,8-9,15,18,20,29,36H,2-3,7,10-14,16H2,1H3,(H,33,40)(H,34,35)/t20-/m0/s1. The first kappa shape index (κ1) is 33.8. The number of halogens is 3. The topological polar surface area (TPSA) is 154 Å². The second-order valence-electron chi connectivity index (χ2n) is 11.0. The van der Waals surface area contributed by atoms with Gasteiger partial charge in [-0.1, -0.05) is 17.7 Å². The molecule has 2 aliphatic heterocycles. The number of aryl methyl sites for hydroxylation is 1. The van der Waals surface area contributed by atoms with Gasteiger partial charge in [-0.15, -0.1) is 11.3 Å². The number of aromatic amines is 1. The molecule has 0 bridgehead atoms. The molecule has 0 radical (unpaired) electrons. The lowest BCUT2D eigenvalue weighted by atomic mass is 9.93. The maximum atomic E-state index is 13.9. The number of benzene rings is 1. The van der Waals surface area contributed by atoms with Crippen molar-refractivity contribution in [2.45, 2.75) is 62.5 Å². The molecule has 1 atom stereocenters. The molecule has 3 amide bonds. The van der Waals surface area contributed by atoms with Gasteiger partial charge in [-0.05, 0) is 62.9 Å². The molecular weight excluding hydrogens is 666 g/mol. The number of amides is 3. The van der Waals surface area contributed by atoms with Crippen LogP contribution in [0.4, 0.5) is 14.5 Å². The third kappa shape index (κ3) is 7.85. The van der Waals surface area contributed by atoms with Gasteiger partial charge < -0.3 is 19.9 Å². The number of rotatable bonds is 11. The molecular formula is C29H33ClF2N6O6S2. The number of nitrogens with one attached hydrogen (secondary N) is 3. The quantitative estimate of drug-likeness (QED) is 0.273. The zero-order chi connectivity index (χ0) is 33.0. The molecule has 46 heavy (non-hydrogen) atoms. The van der Waals surface area contributed by atoms with Gasteiger partial charge in [0.1, 0.15) is 10.9 Å². The molecule has 0 aliphatic carbocycles. The van der Waals surface area contributed by atoms with Crippen LogP contribution in [0.25, 0.3) is 0 Å². The van der Waals surface area contributed by atoms with Crippen LogP contribution in [0.2, 0.25) is 4.34 Å². The number of para-hydroxylation sites is 1. The predicted octanol–water partition coefficient (Wildman–Crippen LogP) is 4.03. The molecule has 12 nitrogen and oxygen atoms in total. The van der Waals surface area contributed by atoms with Crippen molar-refractivity contribution in [3.8, 4) is 5.75 Å². The molecule has 248 valence electrons. The van der Waals surface area contributed by atoms with Gasteiger partial charge in [0.15, 0.2) is 5.75 Å². The Morgan fingerprint density at radius 2 is 1.93 bits per heavy atom. The summed E-state index contributed by atoms with van der Waals surface area (Å²) in [6.07, 6.45) is 2.54. The fraction of sp³-hybridized carbons (Fsp3) is 0.448. The van der Waals surface area contributed by atoms with E-state index in [0.29, 0.717) is 43.1 Å². The van der Waals surface area contributed by atoms with Crippen LogP contribution < -0.4 is 19.7 Å². The van der Waals surface area contributed by atoms with Gasteiger partial charge in [0.2, 0.25) is 21.8 Å². The summed E-state index contributed by atoms with van der Waals surface area (Å²) in [4.78, 5) is 41.6. The molecule has 5 rings (SSSR count). The van der Waals surface area contributed by atoms with E-state index < -0.39 is 51.7 Å². The van der Waals surface area contributed by atoms with Gasteiger partial charge >= 0.3 is 6.61 Å². The van der Waals surface area contributed by atoms with Crippen molar-refractivity contribution in [1.29, 1.82) is 0 Å². The van der Waals surface area contributed by atoms with Crippen molar-refractivity contribution in [3.63, 3.8) is 0 Å². The fourth-order valence-corrected chi connectivity index (χ4v) is 7.91. The Morgan fingerprint density at radius 3 is 2.57 bits per heavy atom. The van der Waals surface area contributed by atoms with Gasteiger partial charge in [0, 0.05) is 44.2 Å². The summed E-state index contributed by atoms with van der Waals surface area (Å²) in [5.41, 5.74) is 1.67. The third-order valence-electron chi connectivity index (χ3n) is 7.88. The van der Waals surface area contributed by atoms with Crippen LogP contribution in [0.3, 0.4) is 0 Å². The summed E-state index contributed by atoms with van der Waals surface area (Å²) >= 11 is 6.96. The van der Waals surface area contributed by atoms with E-state index in [0.717, 1.165) is 28.8 Å². The minimum Gasteiger partial charge on any atom is -0.431 e. The second kappa shape index (κ2) is 14.4. The van der Waals surface area contributed by atoms with Crippen molar-refractivity contribution in [1.82, 2.24) is 25.1 Å².